The molecular weight excluding hydrogens is 236 g/mol. The summed E-state index contributed by atoms with van der Waals surface area (Å²) in [6.07, 6.45) is -0.853. The SMILES string of the molecule is CNCC(O)CS(=O)c1cc(F)ccc1F. The van der Waals surface area contributed by atoms with Gasteiger partial charge in [0.05, 0.1) is 27.6 Å². The summed E-state index contributed by atoms with van der Waals surface area (Å²) in [5, 5.41) is 12.1. The van der Waals surface area contributed by atoms with E-state index in [1.54, 1.807) is 7.05 Å². The Balaban J connectivity index is 2.76. The summed E-state index contributed by atoms with van der Waals surface area (Å²) in [5.41, 5.74) is 0. The fourth-order valence-corrected chi connectivity index (χ4v) is 2.39. The van der Waals surface area contributed by atoms with Crippen molar-refractivity contribution in [3.8, 4) is 0 Å². The van der Waals surface area contributed by atoms with Gasteiger partial charge in [0.25, 0.3) is 0 Å². The zero-order valence-electron chi connectivity index (χ0n) is 8.74. The molecule has 1 aromatic rings. The van der Waals surface area contributed by atoms with E-state index in [4.69, 9.17) is 0 Å². The van der Waals surface area contributed by atoms with Gasteiger partial charge in [0, 0.05) is 6.54 Å². The van der Waals surface area contributed by atoms with Gasteiger partial charge in [-0.2, -0.15) is 0 Å². The summed E-state index contributed by atoms with van der Waals surface area (Å²) in [6.45, 7) is 0.253. The fraction of sp³-hybridized carbons (Fsp3) is 0.400. The zero-order chi connectivity index (χ0) is 12.1. The Morgan fingerprint density at radius 3 is 2.81 bits per heavy atom. The van der Waals surface area contributed by atoms with Gasteiger partial charge in [-0.3, -0.25) is 4.21 Å². The lowest BCUT2D eigenvalue weighted by Crippen LogP contribution is -2.28. The fourth-order valence-electron chi connectivity index (χ4n) is 1.21. The second-order valence-electron chi connectivity index (χ2n) is 3.30. The number of likely N-dealkylation sites (N-methyl/N-ethyl adjacent to an activating group) is 1. The molecule has 0 saturated heterocycles. The van der Waals surface area contributed by atoms with Gasteiger partial charge in [0.15, 0.2) is 0 Å². The lowest BCUT2D eigenvalue weighted by atomic mass is 10.3. The molecule has 0 amide bonds. The number of aliphatic hydroxyl groups is 1. The topological polar surface area (TPSA) is 49.3 Å². The van der Waals surface area contributed by atoms with Crippen molar-refractivity contribution in [2.45, 2.75) is 11.0 Å². The van der Waals surface area contributed by atoms with Crippen LogP contribution in [-0.2, 0) is 10.8 Å². The van der Waals surface area contributed by atoms with E-state index in [1.807, 2.05) is 0 Å². The number of hydrogen-bond acceptors (Lipinski definition) is 3. The average Bonchev–Trinajstić information content (AvgIpc) is 2.21. The van der Waals surface area contributed by atoms with Crippen molar-refractivity contribution in [3.63, 3.8) is 0 Å². The summed E-state index contributed by atoms with van der Waals surface area (Å²) >= 11 is 0. The van der Waals surface area contributed by atoms with Crippen LogP contribution in [0.4, 0.5) is 8.78 Å². The van der Waals surface area contributed by atoms with Crippen LogP contribution in [0.3, 0.4) is 0 Å². The first-order valence-corrected chi connectivity index (χ1v) is 6.02. The van der Waals surface area contributed by atoms with Gasteiger partial charge in [0.2, 0.25) is 0 Å². The highest BCUT2D eigenvalue weighted by molar-refractivity contribution is 7.85. The lowest BCUT2D eigenvalue weighted by molar-refractivity contribution is 0.198. The van der Waals surface area contributed by atoms with Crippen LogP contribution in [0.2, 0.25) is 0 Å². The minimum atomic E-state index is -1.74. The first-order chi connectivity index (χ1) is 7.54. The second-order valence-corrected chi connectivity index (χ2v) is 4.76. The molecule has 90 valence electrons. The summed E-state index contributed by atoms with van der Waals surface area (Å²) in [5.74, 6) is -1.49. The van der Waals surface area contributed by atoms with E-state index in [0.29, 0.717) is 0 Å². The first-order valence-electron chi connectivity index (χ1n) is 4.70. The molecule has 3 nitrogen and oxygen atoms in total. The van der Waals surface area contributed by atoms with Crippen LogP contribution in [0.5, 0.6) is 0 Å². The average molecular weight is 249 g/mol. The minimum absolute atomic E-state index is 0.124. The molecule has 0 aliphatic carbocycles. The molecule has 2 atom stereocenters. The summed E-state index contributed by atoms with van der Waals surface area (Å²) in [6, 6.07) is 2.77. The van der Waals surface area contributed by atoms with Crippen molar-refractivity contribution in [2.24, 2.45) is 0 Å². The van der Waals surface area contributed by atoms with Crippen LogP contribution in [0, 0.1) is 11.6 Å². The maximum absolute atomic E-state index is 13.2. The Labute approximate surface area is 94.9 Å². The van der Waals surface area contributed by atoms with Crippen LogP contribution in [0.15, 0.2) is 23.1 Å². The van der Waals surface area contributed by atoms with E-state index in [-0.39, 0.29) is 17.2 Å². The highest BCUT2D eigenvalue weighted by Gasteiger charge is 2.15. The standard InChI is InChI=1S/C10H13F2NO2S/c1-13-5-8(14)6-16(15)10-4-7(11)2-3-9(10)12/h2-4,8,13-14H,5-6H2,1H3. The van der Waals surface area contributed by atoms with Crippen molar-refractivity contribution >= 4 is 10.8 Å². The van der Waals surface area contributed by atoms with Crippen molar-refractivity contribution in [1.29, 1.82) is 0 Å². The molecule has 16 heavy (non-hydrogen) atoms. The van der Waals surface area contributed by atoms with E-state index in [9.17, 15) is 18.1 Å². The van der Waals surface area contributed by atoms with E-state index >= 15 is 0 Å². The van der Waals surface area contributed by atoms with Gasteiger partial charge in [0.1, 0.15) is 11.6 Å². The Morgan fingerprint density at radius 1 is 1.50 bits per heavy atom. The zero-order valence-corrected chi connectivity index (χ0v) is 9.56. The second kappa shape index (κ2) is 6.03. The van der Waals surface area contributed by atoms with Gasteiger partial charge in [-0.25, -0.2) is 8.78 Å². The molecule has 2 unspecified atom stereocenters. The van der Waals surface area contributed by atoms with Crippen molar-refractivity contribution in [3.05, 3.63) is 29.8 Å². The Hall–Kier alpha value is -0.850. The monoisotopic (exact) mass is 249 g/mol. The van der Waals surface area contributed by atoms with Crippen LogP contribution < -0.4 is 5.32 Å². The molecule has 0 saturated carbocycles. The maximum Gasteiger partial charge on any atom is 0.139 e. The van der Waals surface area contributed by atoms with Crippen molar-refractivity contribution in [1.82, 2.24) is 5.32 Å². The lowest BCUT2D eigenvalue weighted by Gasteiger charge is -2.09. The molecule has 0 bridgehead atoms. The highest BCUT2D eigenvalue weighted by Crippen LogP contribution is 2.14. The number of nitrogens with one attached hydrogen (secondary N) is 1. The van der Waals surface area contributed by atoms with E-state index in [2.05, 4.69) is 5.32 Å². The Morgan fingerprint density at radius 2 is 2.19 bits per heavy atom. The van der Waals surface area contributed by atoms with Crippen LogP contribution in [0.25, 0.3) is 0 Å². The molecule has 0 fully saturated rings. The number of benzene rings is 1. The predicted molar refractivity (Wildman–Crippen MR) is 57.6 cm³/mol. The molecular formula is C10H13F2NO2S. The quantitative estimate of drug-likeness (QED) is 0.805. The van der Waals surface area contributed by atoms with Crippen LogP contribution in [-0.4, -0.2) is 34.8 Å². The van der Waals surface area contributed by atoms with Gasteiger partial charge >= 0.3 is 0 Å². The van der Waals surface area contributed by atoms with E-state index in [1.165, 1.54) is 0 Å². The molecule has 0 heterocycles. The van der Waals surface area contributed by atoms with E-state index < -0.39 is 28.5 Å². The molecule has 0 spiro atoms. The van der Waals surface area contributed by atoms with Crippen molar-refractivity contribution in [2.75, 3.05) is 19.3 Å². The molecule has 1 aromatic carbocycles. The van der Waals surface area contributed by atoms with Gasteiger partial charge < -0.3 is 10.4 Å². The van der Waals surface area contributed by atoms with Gasteiger partial charge in [-0.05, 0) is 25.2 Å². The van der Waals surface area contributed by atoms with Gasteiger partial charge in [-0.15, -0.1) is 0 Å². The smallest absolute Gasteiger partial charge is 0.139 e. The van der Waals surface area contributed by atoms with Crippen LogP contribution >= 0.6 is 0 Å². The number of hydrogen-bond donors (Lipinski definition) is 2. The summed E-state index contributed by atoms with van der Waals surface area (Å²) < 4.78 is 37.6. The third-order valence-corrected chi connectivity index (χ3v) is 3.41. The number of aliphatic hydroxyl groups excluding tert-OH is 1. The molecule has 1 rings (SSSR count). The molecule has 0 radical (unpaired) electrons. The third kappa shape index (κ3) is 3.62. The normalized spacial score (nSPS) is 14.8. The van der Waals surface area contributed by atoms with E-state index in [0.717, 1.165) is 18.2 Å². The summed E-state index contributed by atoms with van der Waals surface area (Å²) in [4.78, 5) is -0.213. The molecule has 6 heteroatoms. The van der Waals surface area contributed by atoms with Gasteiger partial charge in [-0.1, -0.05) is 0 Å². The van der Waals surface area contributed by atoms with Crippen molar-refractivity contribution < 1.29 is 18.1 Å². The Bertz CT molecular complexity index is 387. The molecule has 0 aliphatic rings. The molecule has 0 aliphatic heterocycles. The summed E-state index contributed by atoms with van der Waals surface area (Å²) in [7, 11) is -0.108. The number of halogens is 2. The molecule has 2 N–H and O–H groups in total. The maximum atomic E-state index is 13.2. The highest BCUT2D eigenvalue weighted by atomic mass is 32.2. The molecule has 0 aromatic heterocycles. The number of rotatable bonds is 5. The largest absolute Gasteiger partial charge is 0.391 e. The van der Waals surface area contributed by atoms with Crippen LogP contribution in [0.1, 0.15) is 0 Å². The first kappa shape index (κ1) is 13.2. The minimum Gasteiger partial charge on any atom is -0.391 e. The predicted octanol–water partition coefficient (Wildman–Crippen LogP) is 0.653. The third-order valence-electron chi connectivity index (χ3n) is 1.92. The Kier molecular flexibility index (Phi) is 4.98.